The Morgan fingerprint density at radius 3 is 2.85 bits per heavy atom. The molecule has 0 spiro atoms. The topological polar surface area (TPSA) is 53.5 Å². The van der Waals surface area contributed by atoms with Gasteiger partial charge in [0, 0.05) is 12.8 Å². The molecule has 1 aliphatic rings. The average molecular weight is 277 g/mol. The lowest BCUT2D eigenvalue weighted by Gasteiger charge is -2.36. The number of anilines is 1. The van der Waals surface area contributed by atoms with Gasteiger partial charge < -0.3 is 5.32 Å². The van der Waals surface area contributed by atoms with E-state index in [0.717, 1.165) is 16.8 Å². The number of fused-ring (bicyclic) bond motifs is 1. The zero-order chi connectivity index (χ0) is 14.9. The number of carbonyl (C=O) groups is 1. The van der Waals surface area contributed by atoms with Gasteiger partial charge in [-0.1, -0.05) is 13.0 Å². The average Bonchev–Trinajstić information content (AvgIpc) is 2.40. The fourth-order valence-electron chi connectivity index (χ4n) is 2.25. The maximum absolute atomic E-state index is 13.9. The summed E-state index contributed by atoms with van der Waals surface area (Å²) in [6, 6.07) is 3.23. The van der Waals surface area contributed by atoms with E-state index >= 15 is 0 Å². The Morgan fingerprint density at radius 1 is 1.50 bits per heavy atom. The number of hydrazone groups is 1. The molecular formula is C15H20FN3O. The summed E-state index contributed by atoms with van der Waals surface area (Å²) in [5, 5.41) is 7.39. The Morgan fingerprint density at radius 2 is 2.20 bits per heavy atom. The number of aryl methyl sites for hydroxylation is 1. The summed E-state index contributed by atoms with van der Waals surface area (Å²) >= 11 is 0. The highest BCUT2D eigenvalue weighted by Gasteiger charge is 2.33. The highest BCUT2D eigenvalue weighted by atomic mass is 19.1. The van der Waals surface area contributed by atoms with Crippen LogP contribution in [0.1, 0.15) is 38.3 Å². The maximum Gasteiger partial charge on any atom is 0.239 e. The van der Waals surface area contributed by atoms with E-state index in [2.05, 4.69) is 15.8 Å². The highest BCUT2D eigenvalue weighted by molar-refractivity contribution is 6.01. The van der Waals surface area contributed by atoms with Crippen LogP contribution in [-0.2, 0) is 11.2 Å². The molecule has 0 unspecified atom stereocenters. The number of halogens is 1. The number of rotatable bonds is 2. The molecule has 0 saturated carbocycles. The molecule has 0 aliphatic carbocycles. The van der Waals surface area contributed by atoms with Crippen LogP contribution in [0.3, 0.4) is 0 Å². The fraction of sp³-hybridized carbons (Fsp3) is 0.467. The van der Waals surface area contributed by atoms with Crippen LogP contribution in [0.4, 0.5) is 10.1 Å². The normalized spacial score (nSPS) is 18.4. The van der Waals surface area contributed by atoms with E-state index in [1.165, 1.54) is 6.07 Å². The van der Waals surface area contributed by atoms with E-state index in [0.29, 0.717) is 18.5 Å². The largest absolute Gasteiger partial charge is 0.372 e. The van der Waals surface area contributed by atoms with E-state index in [-0.39, 0.29) is 11.7 Å². The first-order valence-corrected chi connectivity index (χ1v) is 6.77. The monoisotopic (exact) mass is 277 g/mol. The number of nitrogens with zero attached hydrogens (tertiary/aromatic N) is 1. The van der Waals surface area contributed by atoms with Crippen molar-refractivity contribution in [2.75, 3.05) is 5.32 Å². The summed E-state index contributed by atoms with van der Waals surface area (Å²) in [5.41, 5.74) is 5.28. The third kappa shape index (κ3) is 2.66. The molecule has 0 atom stereocenters. The van der Waals surface area contributed by atoms with Crippen LogP contribution in [0.25, 0.3) is 0 Å². The molecule has 1 aromatic carbocycles. The van der Waals surface area contributed by atoms with Crippen LogP contribution < -0.4 is 10.7 Å². The zero-order valence-electron chi connectivity index (χ0n) is 12.3. The number of nitrogens with one attached hydrogen (secondary N) is 2. The lowest BCUT2D eigenvalue weighted by molar-refractivity contribution is -0.120. The number of amides is 1. The molecule has 2 rings (SSSR count). The van der Waals surface area contributed by atoms with Crippen molar-refractivity contribution in [3.05, 3.63) is 29.1 Å². The number of carbonyl (C=O) groups excluding carboxylic acids is 1. The maximum atomic E-state index is 13.9. The van der Waals surface area contributed by atoms with Gasteiger partial charge >= 0.3 is 0 Å². The first-order valence-electron chi connectivity index (χ1n) is 6.77. The van der Waals surface area contributed by atoms with Crippen molar-refractivity contribution in [1.29, 1.82) is 0 Å². The van der Waals surface area contributed by atoms with E-state index < -0.39 is 5.54 Å². The van der Waals surface area contributed by atoms with Crippen LogP contribution >= 0.6 is 0 Å². The second kappa shape index (κ2) is 5.23. The quantitative estimate of drug-likeness (QED) is 0.817. The Hall–Kier alpha value is -1.91. The van der Waals surface area contributed by atoms with Gasteiger partial charge in [0.05, 0.1) is 16.9 Å². The Labute approximate surface area is 118 Å². The van der Waals surface area contributed by atoms with Crippen molar-refractivity contribution >= 4 is 17.3 Å². The Bertz CT molecular complexity index is 579. The van der Waals surface area contributed by atoms with Gasteiger partial charge in [0.2, 0.25) is 5.91 Å². The van der Waals surface area contributed by atoms with Gasteiger partial charge in [-0.15, -0.1) is 0 Å². The van der Waals surface area contributed by atoms with Crippen LogP contribution in [0.2, 0.25) is 0 Å². The first-order chi connectivity index (χ1) is 9.35. The molecule has 1 heterocycles. The minimum absolute atomic E-state index is 0.130. The predicted molar refractivity (Wildman–Crippen MR) is 78.4 cm³/mol. The third-order valence-corrected chi connectivity index (χ3v) is 3.64. The lowest BCUT2D eigenvalue weighted by Crippen LogP contribution is -2.46. The molecule has 4 nitrogen and oxygen atoms in total. The first kappa shape index (κ1) is 14.5. The van der Waals surface area contributed by atoms with Gasteiger partial charge in [-0.3, -0.25) is 4.79 Å². The molecule has 0 fully saturated rings. The SMILES string of the molecule is CCC(=O)N/N=C1\Cc2c(C)ccc(F)c2NC1(C)C. The predicted octanol–water partition coefficient (Wildman–Crippen LogP) is 2.76. The fourth-order valence-corrected chi connectivity index (χ4v) is 2.25. The summed E-state index contributed by atoms with van der Waals surface area (Å²) in [6.45, 7) is 7.57. The number of benzene rings is 1. The minimum Gasteiger partial charge on any atom is -0.372 e. The number of hydrogen-bond acceptors (Lipinski definition) is 3. The summed E-state index contributed by atoms with van der Waals surface area (Å²) in [6.07, 6.45) is 0.914. The standard InChI is InChI=1S/C15H20FN3O/c1-5-13(20)19-18-12-8-10-9(2)6-7-11(16)14(10)17-15(12,3)4/h6-7,17H,5,8H2,1-4H3,(H,19,20)/b18-12+. The van der Waals surface area contributed by atoms with E-state index in [1.807, 2.05) is 20.8 Å². The number of hydrogen-bond donors (Lipinski definition) is 2. The second-order valence-electron chi connectivity index (χ2n) is 5.59. The Kier molecular flexibility index (Phi) is 3.79. The van der Waals surface area contributed by atoms with Crippen LogP contribution in [0.5, 0.6) is 0 Å². The minimum atomic E-state index is -0.497. The molecule has 1 amide bonds. The molecule has 0 aromatic heterocycles. The molecule has 108 valence electrons. The molecule has 1 aromatic rings. The van der Waals surface area contributed by atoms with E-state index in [4.69, 9.17) is 0 Å². The van der Waals surface area contributed by atoms with Crippen LogP contribution in [-0.4, -0.2) is 17.2 Å². The van der Waals surface area contributed by atoms with Crippen molar-refractivity contribution in [1.82, 2.24) is 5.43 Å². The molecule has 0 saturated heterocycles. The zero-order valence-corrected chi connectivity index (χ0v) is 12.3. The summed E-state index contributed by atoms with van der Waals surface area (Å²) < 4.78 is 13.9. The molecule has 0 radical (unpaired) electrons. The molecule has 20 heavy (non-hydrogen) atoms. The van der Waals surface area contributed by atoms with Gasteiger partial charge in [0.25, 0.3) is 0 Å². The smallest absolute Gasteiger partial charge is 0.239 e. The van der Waals surface area contributed by atoms with Gasteiger partial charge in [-0.25, -0.2) is 9.82 Å². The summed E-state index contributed by atoms with van der Waals surface area (Å²) in [7, 11) is 0. The van der Waals surface area contributed by atoms with Crippen molar-refractivity contribution in [2.24, 2.45) is 5.10 Å². The third-order valence-electron chi connectivity index (χ3n) is 3.64. The van der Waals surface area contributed by atoms with Gasteiger partial charge in [0.1, 0.15) is 5.82 Å². The van der Waals surface area contributed by atoms with Crippen LogP contribution in [0.15, 0.2) is 17.2 Å². The summed E-state index contributed by atoms with van der Waals surface area (Å²) in [4.78, 5) is 11.3. The van der Waals surface area contributed by atoms with Crippen LogP contribution in [0, 0.1) is 12.7 Å². The second-order valence-corrected chi connectivity index (χ2v) is 5.59. The van der Waals surface area contributed by atoms with Crippen molar-refractivity contribution in [2.45, 2.75) is 46.1 Å². The van der Waals surface area contributed by atoms with Crippen molar-refractivity contribution in [3.8, 4) is 0 Å². The molecule has 2 N–H and O–H groups in total. The Balaban J connectivity index is 2.38. The van der Waals surface area contributed by atoms with E-state index in [1.54, 1.807) is 13.0 Å². The molecule has 5 heteroatoms. The molecule has 1 aliphatic heterocycles. The highest BCUT2D eigenvalue weighted by Crippen LogP contribution is 2.33. The van der Waals surface area contributed by atoms with Gasteiger partial charge in [0.15, 0.2) is 0 Å². The van der Waals surface area contributed by atoms with Gasteiger partial charge in [-0.05, 0) is 38.0 Å². The lowest BCUT2D eigenvalue weighted by atomic mass is 9.85. The summed E-state index contributed by atoms with van der Waals surface area (Å²) in [5.74, 6) is -0.384. The molecule has 0 bridgehead atoms. The van der Waals surface area contributed by atoms with E-state index in [9.17, 15) is 9.18 Å². The molecular weight excluding hydrogens is 257 g/mol. The van der Waals surface area contributed by atoms with Crippen molar-refractivity contribution in [3.63, 3.8) is 0 Å². The van der Waals surface area contributed by atoms with Crippen molar-refractivity contribution < 1.29 is 9.18 Å². The van der Waals surface area contributed by atoms with Gasteiger partial charge in [-0.2, -0.15) is 5.10 Å².